The highest BCUT2D eigenvalue weighted by molar-refractivity contribution is 6.18. The number of halogens is 1. The van der Waals surface area contributed by atoms with Gasteiger partial charge in [0.15, 0.2) is 0 Å². The van der Waals surface area contributed by atoms with Gasteiger partial charge in [0.05, 0.1) is 18.1 Å². The molecule has 0 aliphatic rings. The van der Waals surface area contributed by atoms with Crippen LogP contribution in [0.3, 0.4) is 0 Å². The van der Waals surface area contributed by atoms with Crippen molar-refractivity contribution < 1.29 is 0 Å². The smallest absolute Gasteiger partial charge is 0.0888 e. The van der Waals surface area contributed by atoms with Gasteiger partial charge in [-0.1, -0.05) is 24.6 Å². The van der Waals surface area contributed by atoms with Crippen molar-refractivity contribution in [3.8, 4) is 5.69 Å². The number of aromatic nitrogens is 3. The summed E-state index contributed by atoms with van der Waals surface area (Å²) in [5.41, 5.74) is 3.53. The molecule has 90 valence electrons. The predicted molar refractivity (Wildman–Crippen MR) is 69.7 cm³/mol. The zero-order valence-corrected chi connectivity index (χ0v) is 10.9. The van der Waals surface area contributed by atoms with Crippen molar-refractivity contribution in [1.82, 2.24) is 15.0 Å². The van der Waals surface area contributed by atoms with Crippen LogP contribution in [0.4, 0.5) is 0 Å². The molecule has 3 nitrogen and oxygen atoms in total. The number of hydrogen-bond donors (Lipinski definition) is 0. The van der Waals surface area contributed by atoms with Crippen molar-refractivity contribution in [2.24, 2.45) is 5.92 Å². The molecular formula is C13H16ClN3. The number of nitrogens with zero attached hydrogens (tertiary/aromatic N) is 3. The van der Waals surface area contributed by atoms with Crippen molar-refractivity contribution in [2.75, 3.05) is 5.88 Å². The van der Waals surface area contributed by atoms with Gasteiger partial charge >= 0.3 is 0 Å². The Morgan fingerprint density at radius 3 is 2.65 bits per heavy atom. The van der Waals surface area contributed by atoms with Gasteiger partial charge in [0.25, 0.3) is 0 Å². The van der Waals surface area contributed by atoms with E-state index in [-0.39, 0.29) is 0 Å². The molecule has 1 atom stereocenters. The molecule has 0 radical (unpaired) electrons. The monoisotopic (exact) mass is 249 g/mol. The average Bonchev–Trinajstić information content (AvgIpc) is 2.82. The van der Waals surface area contributed by atoms with E-state index in [2.05, 4.69) is 42.2 Å². The van der Waals surface area contributed by atoms with Crippen LogP contribution in [0.1, 0.15) is 18.1 Å². The number of benzene rings is 1. The van der Waals surface area contributed by atoms with E-state index in [1.807, 2.05) is 0 Å². The number of alkyl halides is 1. The summed E-state index contributed by atoms with van der Waals surface area (Å²) in [7, 11) is 0. The van der Waals surface area contributed by atoms with Gasteiger partial charge in [0.2, 0.25) is 0 Å². The minimum absolute atomic E-state index is 0.452. The van der Waals surface area contributed by atoms with Crippen LogP contribution in [-0.2, 0) is 6.42 Å². The lowest BCUT2D eigenvalue weighted by Crippen LogP contribution is -2.08. The van der Waals surface area contributed by atoms with Crippen molar-refractivity contribution in [3.05, 3.63) is 41.7 Å². The molecule has 0 fully saturated rings. The van der Waals surface area contributed by atoms with Crippen LogP contribution in [0.15, 0.2) is 30.6 Å². The van der Waals surface area contributed by atoms with E-state index < -0.39 is 0 Å². The first-order valence-corrected chi connectivity index (χ1v) is 6.26. The summed E-state index contributed by atoms with van der Waals surface area (Å²) < 4.78 is 0. The van der Waals surface area contributed by atoms with Crippen molar-refractivity contribution >= 4 is 11.6 Å². The molecule has 4 heteroatoms. The first-order chi connectivity index (χ1) is 8.20. The summed E-state index contributed by atoms with van der Waals surface area (Å²) in [5.74, 6) is 1.12. The molecular weight excluding hydrogens is 234 g/mol. The van der Waals surface area contributed by atoms with Gasteiger partial charge in [-0.15, -0.1) is 11.6 Å². The molecule has 0 saturated carbocycles. The second-order valence-corrected chi connectivity index (χ2v) is 4.72. The van der Waals surface area contributed by atoms with Gasteiger partial charge in [-0.2, -0.15) is 15.0 Å². The Morgan fingerprint density at radius 2 is 2.00 bits per heavy atom. The molecule has 2 rings (SSSR count). The maximum Gasteiger partial charge on any atom is 0.0888 e. The van der Waals surface area contributed by atoms with Gasteiger partial charge in [0.1, 0.15) is 0 Å². The van der Waals surface area contributed by atoms with E-state index in [4.69, 9.17) is 11.6 Å². The maximum atomic E-state index is 5.88. The molecule has 0 spiro atoms. The van der Waals surface area contributed by atoms with Crippen LogP contribution in [-0.4, -0.2) is 20.9 Å². The van der Waals surface area contributed by atoms with E-state index in [0.717, 1.165) is 12.1 Å². The van der Waals surface area contributed by atoms with E-state index in [9.17, 15) is 0 Å². The van der Waals surface area contributed by atoms with E-state index in [1.165, 1.54) is 11.1 Å². The molecule has 1 aromatic carbocycles. The zero-order chi connectivity index (χ0) is 12.3. The molecule has 0 amide bonds. The van der Waals surface area contributed by atoms with Gasteiger partial charge in [0, 0.05) is 5.88 Å². The van der Waals surface area contributed by atoms with Gasteiger partial charge in [-0.05, 0) is 30.9 Å². The fraction of sp³-hybridized carbons (Fsp3) is 0.385. The second kappa shape index (κ2) is 5.32. The molecule has 2 aromatic rings. The zero-order valence-electron chi connectivity index (χ0n) is 10.1. The summed E-state index contributed by atoms with van der Waals surface area (Å²) in [6.07, 6.45) is 4.32. The lowest BCUT2D eigenvalue weighted by atomic mass is 9.99. The van der Waals surface area contributed by atoms with E-state index >= 15 is 0 Å². The molecule has 0 N–H and O–H groups in total. The SMILES string of the molecule is Cc1ccc(-n2nccn2)c(C[C@@H](C)CCl)c1. The number of aryl methyl sites for hydroxylation is 1. The van der Waals surface area contributed by atoms with E-state index in [0.29, 0.717) is 11.8 Å². The Balaban J connectivity index is 2.38. The van der Waals surface area contributed by atoms with Crippen LogP contribution in [0.25, 0.3) is 5.69 Å². The van der Waals surface area contributed by atoms with Crippen LogP contribution >= 0.6 is 11.6 Å². The van der Waals surface area contributed by atoms with Crippen LogP contribution in [0.5, 0.6) is 0 Å². The largest absolute Gasteiger partial charge is 0.157 e. The lowest BCUT2D eigenvalue weighted by Gasteiger charge is -2.12. The third kappa shape index (κ3) is 2.86. The van der Waals surface area contributed by atoms with Gasteiger partial charge in [-0.3, -0.25) is 0 Å². The van der Waals surface area contributed by atoms with Crippen LogP contribution in [0, 0.1) is 12.8 Å². The molecule has 1 aromatic heterocycles. The van der Waals surface area contributed by atoms with Crippen molar-refractivity contribution in [2.45, 2.75) is 20.3 Å². The topological polar surface area (TPSA) is 30.7 Å². The maximum absolute atomic E-state index is 5.88. The fourth-order valence-corrected chi connectivity index (χ4v) is 1.95. The Hall–Kier alpha value is -1.35. The predicted octanol–water partition coefficient (Wildman–Crippen LogP) is 2.99. The fourth-order valence-electron chi connectivity index (χ4n) is 1.84. The third-order valence-corrected chi connectivity index (χ3v) is 3.23. The highest BCUT2D eigenvalue weighted by Gasteiger charge is 2.10. The summed E-state index contributed by atoms with van der Waals surface area (Å²) in [6, 6.07) is 6.32. The summed E-state index contributed by atoms with van der Waals surface area (Å²) in [4.78, 5) is 1.66. The van der Waals surface area contributed by atoms with E-state index in [1.54, 1.807) is 17.2 Å². The number of rotatable bonds is 4. The highest BCUT2D eigenvalue weighted by Crippen LogP contribution is 2.19. The molecule has 0 unspecified atom stereocenters. The Bertz CT molecular complexity index is 479. The van der Waals surface area contributed by atoms with Gasteiger partial charge in [-0.25, -0.2) is 0 Å². The third-order valence-electron chi connectivity index (χ3n) is 2.70. The van der Waals surface area contributed by atoms with Crippen molar-refractivity contribution in [1.29, 1.82) is 0 Å². The summed E-state index contributed by atoms with van der Waals surface area (Å²) in [5, 5.41) is 8.36. The normalized spacial score (nSPS) is 12.6. The molecule has 17 heavy (non-hydrogen) atoms. The standard InChI is InChI=1S/C13H16ClN3/c1-10-3-4-13(17-15-5-6-16-17)12(7-10)8-11(2)9-14/h3-7,11H,8-9H2,1-2H3/t11-/m1/s1. The van der Waals surface area contributed by atoms with Crippen LogP contribution < -0.4 is 0 Å². The Morgan fingerprint density at radius 1 is 1.29 bits per heavy atom. The molecule has 0 aliphatic carbocycles. The highest BCUT2D eigenvalue weighted by atomic mass is 35.5. The Labute approximate surface area is 106 Å². The first-order valence-electron chi connectivity index (χ1n) is 5.73. The summed E-state index contributed by atoms with van der Waals surface area (Å²) >= 11 is 5.88. The molecule has 0 saturated heterocycles. The lowest BCUT2D eigenvalue weighted by molar-refractivity contribution is 0.642. The summed E-state index contributed by atoms with van der Waals surface area (Å²) in [6.45, 7) is 4.24. The van der Waals surface area contributed by atoms with Gasteiger partial charge < -0.3 is 0 Å². The Kier molecular flexibility index (Phi) is 3.79. The molecule has 1 heterocycles. The minimum Gasteiger partial charge on any atom is -0.157 e. The van der Waals surface area contributed by atoms with Crippen LogP contribution in [0.2, 0.25) is 0 Å². The average molecular weight is 250 g/mol. The second-order valence-electron chi connectivity index (χ2n) is 4.41. The van der Waals surface area contributed by atoms with Crippen molar-refractivity contribution in [3.63, 3.8) is 0 Å². The molecule has 0 bridgehead atoms. The molecule has 0 aliphatic heterocycles. The first kappa shape index (κ1) is 12.1. The number of hydrogen-bond acceptors (Lipinski definition) is 2. The minimum atomic E-state index is 0.452. The quantitative estimate of drug-likeness (QED) is 0.780.